The molecule has 2 aromatic heterocycles. The summed E-state index contributed by atoms with van der Waals surface area (Å²) in [6.07, 6.45) is 9.67. The van der Waals surface area contributed by atoms with Gasteiger partial charge in [-0.25, -0.2) is 15.0 Å². The summed E-state index contributed by atoms with van der Waals surface area (Å²) in [4.78, 5) is 15.1. The van der Waals surface area contributed by atoms with Crippen molar-refractivity contribution in [2.45, 2.75) is 18.4 Å². The highest BCUT2D eigenvalue weighted by molar-refractivity contribution is 6.17. The summed E-state index contributed by atoms with van der Waals surface area (Å²) >= 11 is 0. The Balaban J connectivity index is 1.05. The molecule has 0 radical (unpaired) electrons. The van der Waals surface area contributed by atoms with Crippen molar-refractivity contribution in [3.05, 3.63) is 246 Å². The van der Waals surface area contributed by atoms with Gasteiger partial charge in [-0.2, -0.15) is 0 Å². The Bertz CT molecular complexity index is 3570. The van der Waals surface area contributed by atoms with Crippen LogP contribution in [-0.4, -0.2) is 19.5 Å². The van der Waals surface area contributed by atoms with Gasteiger partial charge in [-0.1, -0.05) is 183 Å². The van der Waals surface area contributed by atoms with Gasteiger partial charge in [0.15, 0.2) is 17.5 Å². The summed E-state index contributed by atoms with van der Waals surface area (Å²) in [5.41, 5.74) is 19.7. The van der Waals surface area contributed by atoms with Gasteiger partial charge in [-0.15, -0.1) is 0 Å². The van der Waals surface area contributed by atoms with Gasteiger partial charge in [-0.05, 0) is 98.0 Å². The minimum absolute atomic E-state index is 0.549. The molecule has 3 aliphatic rings. The Hall–Kier alpha value is -8.21. The summed E-state index contributed by atoms with van der Waals surface area (Å²) in [7, 11) is 0. The Labute approximate surface area is 371 Å². The average molecular weight is 817 g/mol. The third-order valence-electron chi connectivity index (χ3n) is 13.7. The SMILES string of the molecule is C=C1/C=C\C=C/Cc2ccccc2C12c1ccccc1-c1cc3c4cc(-c5cccc(-c6nc(-c7ccccc7)nc(-c7ccccc7)n6)c5)cc5c4n(c3cc12)Cc1ccccc1-5. The molecular weight excluding hydrogens is 777 g/mol. The van der Waals surface area contributed by atoms with Crippen molar-refractivity contribution >= 4 is 21.8 Å². The quantitative estimate of drug-likeness (QED) is 0.178. The number of fused-ring (bicyclic) bond motifs is 12. The molecule has 0 amide bonds. The molecule has 13 rings (SSSR count). The number of benzene rings is 8. The minimum Gasteiger partial charge on any atom is -0.335 e. The van der Waals surface area contributed by atoms with E-state index in [-0.39, 0.29) is 0 Å². The van der Waals surface area contributed by atoms with E-state index in [9.17, 15) is 0 Å². The topological polar surface area (TPSA) is 43.6 Å². The van der Waals surface area contributed by atoms with E-state index >= 15 is 0 Å². The summed E-state index contributed by atoms with van der Waals surface area (Å²) in [6, 6.07) is 65.7. The summed E-state index contributed by atoms with van der Waals surface area (Å²) in [5, 5.41) is 2.50. The van der Waals surface area contributed by atoms with Crippen molar-refractivity contribution in [1.82, 2.24) is 19.5 Å². The molecule has 0 saturated heterocycles. The molecule has 1 aliphatic heterocycles. The van der Waals surface area contributed by atoms with Gasteiger partial charge in [0.1, 0.15) is 0 Å². The lowest BCUT2D eigenvalue weighted by molar-refractivity contribution is 0.759. The molecule has 8 aromatic carbocycles. The molecule has 4 nitrogen and oxygen atoms in total. The highest BCUT2D eigenvalue weighted by atomic mass is 15.0. The Morgan fingerprint density at radius 2 is 1.06 bits per heavy atom. The fourth-order valence-electron chi connectivity index (χ4n) is 10.8. The number of allylic oxidation sites excluding steroid dienone is 5. The van der Waals surface area contributed by atoms with E-state index in [0.29, 0.717) is 17.5 Å². The van der Waals surface area contributed by atoms with Gasteiger partial charge in [0.05, 0.1) is 10.9 Å². The molecule has 300 valence electrons. The number of aromatic nitrogens is 4. The van der Waals surface area contributed by atoms with Crippen LogP contribution in [0.25, 0.3) is 89.4 Å². The predicted molar refractivity (Wildman–Crippen MR) is 262 cm³/mol. The smallest absolute Gasteiger partial charge is 0.164 e. The van der Waals surface area contributed by atoms with Gasteiger partial charge in [0.2, 0.25) is 0 Å². The number of rotatable bonds is 4. The largest absolute Gasteiger partial charge is 0.335 e. The van der Waals surface area contributed by atoms with Crippen LogP contribution in [0.3, 0.4) is 0 Å². The maximum atomic E-state index is 5.08. The molecule has 1 spiro atoms. The second-order valence-electron chi connectivity index (χ2n) is 17.2. The van der Waals surface area contributed by atoms with Gasteiger partial charge in [0, 0.05) is 45.1 Å². The van der Waals surface area contributed by atoms with Crippen LogP contribution < -0.4 is 0 Å². The first-order valence-corrected chi connectivity index (χ1v) is 22.0. The minimum atomic E-state index is -0.549. The maximum absolute atomic E-state index is 5.08. The lowest BCUT2D eigenvalue weighted by Crippen LogP contribution is -2.30. The van der Waals surface area contributed by atoms with Crippen LogP contribution in [-0.2, 0) is 18.4 Å². The molecule has 64 heavy (non-hydrogen) atoms. The van der Waals surface area contributed by atoms with Crippen LogP contribution in [0.1, 0.15) is 27.8 Å². The van der Waals surface area contributed by atoms with E-state index in [1.54, 1.807) is 0 Å². The Kier molecular flexibility index (Phi) is 8.07. The summed E-state index contributed by atoms with van der Waals surface area (Å²) < 4.78 is 2.57. The molecule has 0 N–H and O–H groups in total. The monoisotopic (exact) mass is 816 g/mol. The molecule has 2 aliphatic carbocycles. The van der Waals surface area contributed by atoms with E-state index in [1.807, 2.05) is 36.4 Å². The Morgan fingerprint density at radius 1 is 0.438 bits per heavy atom. The van der Waals surface area contributed by atoms with Crippen LogP contribution in [0.2, 0.25) is 0 Å². The first kappa shape index (κ1) is 36.4. The average Bonchev–Trinajstić information content (AvgIpc) is 3.85. The van der Waals surface area contributed by atoms with Gasteiger partial charge < -0.3 is 4.57 Å². The van der Waals surface area contributed by atoms with Crippen LogP contribution in [0.4, 0.5) is 0 Å². The van der Waals surface area contributed by atoms with E-state index in [1.165, 1.54) is 71.9 Å². The number of nitrogens with zero attached hydrogens (tertiary/aromatic N) is 4. The van der Waals surface area contributed by atoms with E-state index < -0.39 is 5.41 Å². The van der Waals surface area contributed by atoms with Crippen LogP contribution in [0.5, 0.6) is 0 Å². The van der Waals surface area contributed by atoms with Crippen LogP contribution in [0.15, 0.2) is 218 Å². The number of hydrogen-bond acceptors (Lipinski definition) is 3. The fraction of sp³-hybridized carbons (Fsp3) is 0.0500. The molecule has 1 atom stereocenters. The van der Waals surface area contributed by atoms with Crippen molar-refractivity contribution < 1.29 is 0 Å². The molecule has 0 bridgehead atoms. The van der Waals surface area contributed by atoms with Gasteiger partial charge in [0.25, 0.3) is 0 Å². The Morgan fingerprint density at radius 3 is 1.83 bits per heavy atom. The predicted octanol–water partition coefficient (Wildman–Crippen LogP) is 14.2. The molecule has 3 heterocycles. The third kappa shape index (κ3) is 5.39. The van der Waals surface area contributed by atoms with E-state index in [0.717, 1.165) is 46.4 Å². The third-order valence-corrected chi connectivity index (χ3v) is 13.7. The molecule has 1 unspecified atom stereocenters. The van der Waals surface area contributed by atoms with E-state index in [2.05, 4.69) is 174 Å². The zero-order valence-electron chi connectivity index (χ0n) is 35.0. The maximum Gasteiger partial charge on any atom is 0.164 e. The van der Waals surface area contributed by atoms with Gasteiger partial charge >= 0.3 is 0 Å². The van der Waals surface area contributed by atoms with Crippen LogP contribution in [0, 0.1) is 0 Å². The lowest BCUT2D eigenvalue weighted by Gasteiger charge is -2.35. The van der Waals surface area contributed by atoms with Crippen LogP contribution >= 0.6 is 0 Å². The second kappa shape index (κ2) is 14.2. The second-order valence-corrected chi connectivity index (χ2v) is 17.2. The highest BCUT2D eigenvalue weighted by Gasteiger charge is 2.47. The normalized spacial score (nSPS) is 16.7. The fourth-order valence-corrected chi connectivity index (χ4v) is 10.8. The van der Waals surface area contributed by atoms with Crippen molar-refractivity contribution in [3.8, 4) is 67.5 Å². The van der Waals surface area contributed by atoms with Crippen molar-refractivity contribution in [2.24, 2.45) is 0 Å². The highest BCUT2D eigenvalue weighted by Crippen LogP contribution is 2.59. The lowest BCUT2D eigenvalue weighted by atomic mass is 9.66. The molecule has 10 aromatic rings. The van der Waals surface area contributed by atoms with Gasteiger partial charge in [-0.3, -0.25) is 0 Å². The standard InChI is InChI=1S/C60H40N4/c1-38-18-5-2-6-19-39-20-12-15-30-52(39)60(38)53-31-16-14-29-47(53)48-35-49-51-34-45(33-50-46-28-13-11-25-44(46)37-64(56(50)51)55(49)36-54(48)60)42-26-17-27-43(32-42)59-62-57(40-21-7-3-8-22-40)61-58(63-59)41-23-9-4-10-24-41/h2-18,20-36H,1,19,37H2/b6-2-,18-5-. The molecule has 0 fully saturated rings. The molecule has 0 saturated carbocycles. The first-order chi connectivity index (χ1) is 31.6. The zero-order chi connectivity index (χ0) is 42.4. The van der Waals surface area contributed by atoms with Crippen molar-refractivity contribution in [3.63, 3.8) is 0 Å². The summed E-state index contributed by atoms with van der Waals surface area (Å²) in [5.74, 6) is 1.94. The van der Waals surface area contributed by atoms with Crippen molar-refractivity contribution in [1.29, 1.82) is 0 Å². The first-order valence-electron chi connectivity index (χ1n) is 22.0. The number of hydrogen-bond donors (Lipinski definition) is 0. The molecule has 4 heteroatoms. The molecular formula is C60H40N4. The van der Waals surface area contributed by atoms with E-state index in [4.69, 9.17) is 21.5 Å². The summed E-state index contributed by atoms with van der Waals surface area (Å²) in [6.45, 7) is 5.68. The zero-order valence-corrected chi connectivity index (χ0v) is 35.0. The van der Waals surface area contributed by atoms with Crippen molar-refractivity contribution in [2.75, 3.05) is 0 Å².